The summed E-state index contributed by atoms with van der Waals surface area (Å²) < 4.78 is 0. The zero-order valence-electron chi connectivity index (χ0n) is 8.73. The number of Topliss-reactive ketones (excluding diaryl/α,β-unsaturated/α-hetero) is 1. The SMILES string of the molecule is O=C1C2CCCC1(O)C#C/C=C/C#CC2O. The van der Waals surface area contributed by atoms with Crippen molar-refractivity contribution in [1.82, 2.24) is 0 Å². The van der Waals surface area contributed by atoms with E-state index < -0.39 is 23.4 Å². The van der Waals surface area contributed by atoms with Crippen molar-refractivity contribution in [3.05, 3.63) is 12.2 Å². The third-order valence-electron chi connectivity index (χ3n) is 2.94. The minimum atomic E-state index is -1.60. The maximum Gasteiger partial charge on any atom is 0.184 e. The Labute approximate surface area is 94.2 Å². The van der Waals surface area contributed by atoms with Crippen LogP contribution in [0.3, 0.4) is 0 Å². The Kier molecular flexibility index (Phi) is 2.83. The first-order valence-corrected chi connectivity index (χ1v) is 5.27. The lowest BCUT2D eigenvalue weighted by Crippen LogP contribution is -2.48. The average molecular weight is 216 g/mol. The predicted molar refractivity (Wildman–Crippen MR) is 58.0 cm³/mol. The molecule has 2 N–H and O–H groups in total. The van der Waals surface area contributed by atoms with E-state index in [4.69, 9.17) is 0 Å². The summed E-state index contributed by atoms with van der Waals surface area (Å²) in [7, 11) is 0. The third kappa shape index (κ3) is 1.88. The molecule has 16 heavy (non-hydrogen) atoms. The number of ketones is 1. The molecule has 3 heteroatoms. The number of carbonyl (C=O) groups is 1. The van der Waals surface area contributed by atoms with Crippen LogP contribution in [0.1, 0.15) is 19.3 Å². The molecule has 82 valence electrons. The van der Waals surface area contributed by atoms with Gasteiger partial charge in [-0.15, -0.1) is 0 Å². The molecule has 1 fully saturated rings. The molecule has 3 nitrogen and oxygen atoms in total. The van der Waals surface area contributed by atoms with Gasteiger partial charge >= 0.3 is 0 Å². The maximum atomic E-state index is 12.0. The molecular weight excluding hydrogens is 204 g/mol. The molecule has 0 aromatic carbocycles. The van der Waals surface area contributed by atoms with E-state index in [9.17, 15) is 15.0 Å². The van der Waals surface area contributed by atoms with Gasteiger partial charge in [0.1, 0.15) is 6.10 Å². The fourth-order valence-electron chi connectivity index (χ4n) is 2.04. The fourth-order valence-corrected chi connectivity index (χ4v) is 2.04. The van der Waals surface area contributed by atoms with Gasteiger partial charge in [0.25, 0.3) is 0 Å². The first-order chi connectivity index (χ1) is 7.63. The minimum Gasteiger partial charge on any atom is -0.380 e. The molecule has 2 aliphatic rings. The minimum absolute atomic E-state index is 0.337. The van der Waals surface area contributed by atoms with E-state index in [1.807, 2.05) is 0 Å². The zero-order chi connectivity index (χ0) is 11.6. The lowest BCUT2D eigenvalue weighted by Gasteiger charge is -2.32. The molecule has 0 heterocycles. The Morgan fingerprint density at radius 1 is 1.38 bits per heavy atom. The lowest BCUT2D eigenvalue weighted by atomic mass is 9.75. The van der Waals surface area contributed by atoms with Crippen molar-refractivity contribution in [2.75, 3.05) is 0 Å². The topological polar surface area (TPSA) is 57.5 Å². The molecule has 0 aromatic heterocycles. The van der Waals surface area contributed by atoms with Crippen LogP contribution in [-0.2, 0) is 4.79 Å². The number of hydrogen-bond acceptors (Lipinski definition) is 3. The van der Waals surface area contributed by atoms with Gasteiger partial charge in [0.05, 0.1) is 5.92 Å². The Balaban J connectivity index is 2.44. The zero-order valence-corrected chi connectivity index (χ0v) is 8.73. The molecule has 2 bridgehead atoms. The van der Waals surface area contributed by atoms with E-state index in [0.29, 0.717) is 19.3 Å². The van der Waals surface area contributed by atoms with Crippen LogP contribution < -0.4 is 0 Å². The molecule has 0 saturated heterocycles. The van der Waals surface area contributed by atoms with E-state index in [1.54, 1.807) is 0 Å². The molecule has 0 amide bonds. The van der Waals surface area contributed by atoms with Crippen LogP contribution >= 0.6 is 0 Å². The van der Waals surface area contributed by atoms with Crippen LogP contribution in [0.5, 0.6) is 0 Å². The van der Waals surface area contributed by atoms with Crippen LogP contribution in [0.25, 0.3) is 0 Å². The molecule has 0 spiro atoms. The monoisotopic (exact) mass is 216 g/mol. The average Bonchev–Trinajstić information content (AvgIpc) is 2.25. The fraction of sp³-hybridized carbons (Fsp3) is 0.462. The van der Waals surface area contributed by atoms with Crippen molar-refractivity contribution in [2.45, 2.75) is 31.0 Å². The van der Waals surface area contributed by atoms with Gasteiger partial charge in [-0.1, -0.05) is 23.7 Å². The highest BCUT2D eigenvalue weighted by atomic mass is 16.3. The predicted octanol–water partition coefficient (Wildman–Crippen LogP) is 0.0242. The highest BCUT2D eigenvalue weighted by Crippen LogP contribution is 2.30. The standard InChI is InChI=1S/C13H12O3/c14-11-7-3-1-2-4-8-13(16)9-5-6-10(11)12(13)15/h1-2,10-11,14,16H,5-6,9H2/b2-1+. The number of hydrogen-bond donors (Lipinski definition) is 2. The van der Waals surface area contributed by atoms with Gasteiger partial charge in [-0.3, -0.25) is 4.79 Å². The maximum absolute atomic E-state index is 12.0. The van der Waals surface area contributed by atoms with Crippen LogP contribution in [-0.4, -0.2) is 27.7 Å². The Bertz CT molecular complexity index is 455. The molecule has 3 atom stereocenters. The Morgan fingerprint density at radius 2 is 2.12 bits per heavy atom. The molecule has 2 rings (SSSR count). The van der Waals surface area contributed by atoms with Crippen molar-refractivity contribution in [3.8, 4) is 23.7 Å². The smallest absolute Gasteiger partial charge is 0.184 e. The highest BCUT2D eigenvalue weighted by Gasteiger charge is 2.44. The van der Waals surface area contributed by atoms with E-state index >= 15 is 0 Å². The van der Waals surface area contributed by atoms with E-state index in [-0.39, 0.29) is 0 Å². The number of carbonyl (C=O) groups excluding carboxylic acids is 1. The molecule has 0 aliphatic heterocycles. The van der Waals surface area contributed by atoms with Gasteiger partial charge in [-0.2, -0.15) is 0 Å². The van der Waals surface area contributed by atoms with E-state index in [2.05, 4.69) is 23.7 Å². The molecular formula is C13H12O3. The van der Waals surface area contributed by atoms with Gasteiger partial charge in [-0.25, -0.2) is 0 Å². The van der Waals surface area contributed by atoms with Crippen molar-refractivity contribution >= 4 is 5.78 Å². The summed E-state index contributed by atoms with van der Waals surface area (Å²) >= 11 is 0. The van der Waals surface area contributed by atoms with Crippen LogP contribution in [0.15, 0.2) is 12.2 Å². The molecule has 1 saturated carbocycles. The first-order valence-electron chi connectivity index (χ1n) is 5.27. The van der Waals surface area contributed by atoms with Crippen LogP contribution in [0.4, 0.5) is 0 Å². The van der Waals surface area contributed by atoms with Crippen molar-refractivity contribution < 1.29 is 15.0 Å². The summed E-state index contributed by atoms with van der Waals surface area (Å²) in [6, 6.07) is 0. The van der Waals surface area contributed by atoms with Crippen LogP contribution in [0, 0.1) is 29.6 Å². The first kappa shape index (κ1) is 11.0. The Hall–Kier alpha value is -1.55. The number of allylic oxidation sites excluding steroid dienone is 2. The van der Waals surface area contributed by atoms with Gasteiger partial charge in [0, 0.05) is 0 Å². The number of rotatable bonds is 0. The summed E-state index contributed by atoms with van der Waals surface area (Å²) in [6.07, 6.45) is 3.53. The number of fused-ring (bicyclic) bond motifs is 2. The van der Waals surface area contributed by atoms with E-state index in [1.165, 1.54) is 12.2 Å². The van der Waals surface area contributed by atoms with Crippen molar-refractivity contribution in [2.24, 2.45) is 5.92 Å². The Morgan fingerprint density at radius 3 is 2.94 bits per heavy atom. The van der Waals surface area contributed by atoms with E-state index in [0.717, 1.165) is 0 Å². The summed E-state index contributed by atoms with van der Waals surface area (Å²) in [4.78, 5) is 12.0. The normalized spacial score (nSPS) is 38.8. The summed E-state index contributed by atoms with van der Waals surface area (Å²) in [6.45, 7) is 0. The summed E-state index contributed by atoms with van der Waals surface area (Å²) in [5, 5.41) is 19.8. The highest BCUT2D eigenvalue weighted by molar-refractivity contribution is 5.94. The van der Waals surface area contributed by atoms with Gasteiger partial charge < -0.3 is 10.2 Å². The van der Waals surface area contributed by atoms with Crippen molar-refractivity contribution in [3.63, 3.8) is 0 Å². The number of aliphatic hydroxyl groups excluding tert-OH is 1. The molecule has 2 aliphatic carbocycles. The second kappa shape index (κ2) is 4.14. The van der Waals surface area contributed by atoms with Crippen LogP contribution in [0.2, 0.25) is 0 Å². The molecule has 0 radical (unpaired) electrons. The lowest BCUT2D eigenvalue weighted by molar-refractivity contribution is -0.143. The van der Waals surface area contributed by atoms with Gasteiger partial charge in [0.15, 0.2) is 11.4 Å². The van der Waals surface area contributed by atoms with Crippen molar-refractivity contribution in [1.29, 1.82) is 0 Å². The third-order valence-corrected chi connectivity index (χ3v) is 2.94. The second-order valence-corrected chi connectivity index (χ2v) is 4.06. The molecule has 0 aromatic rings. The summed E-state index contributed by atoms with van der Waals surface area (Å²) in [5.41, 5.74) is -1.60. The van der Waals surface area contributed by atoms with Gasteiger partial charge in [0.2, 0.25) is 0 Å². The summed E-state index contributed by atoms with van der Waals surface area (Å²) in [5.74, 6) is 9.35. The number of aliphatic hydroxyl groups is 2. The largest absolute Gasteiger partial charge is 0.380 e. The molecule has 3 unspecified atom stereocenters. The quantitative estimate of drug-likeness (QED) is 0.561. The van der Waals surface area contributed by atoms with Gasteiger partial charge in [-0.05, 0) is 31.4 Å². The second-order valence-electron chi connectivity index (χ2n) is 4.06.